The highest BCUT2D eigenvalue weighted by Crippen LogP contribution is 2.24. The highest BCUT2D eigenvalue weighted by Gasteiger charge is 2.26. The Balaban J connectivity index is 2.04. The molecule has 1 atom stereocenters. The molecule has 15 heavy (non-hydrogen) atoms. The van der Waals surface area contributed by atoms with Crippen molar-refractivity contribution in [3.63, 3.8) is 0 Å². The van der Waals surface area contributed by atoms with Crippen LogP contribution in [0.4, 0.5) is 0 Å². The highest BCUT2D eigenvalue weighted by atomic mass is 35.5. The van der Waals surface area contributed by atoms with Gasteiger partial charge in [0.05, 0.1) is 0 Å². The molecule has 0 spiro atoms. The molecule has 0 aliphatic carbocycles. The first-order valence-corrected chi connectivity index (χ1v) is 5.77. The predicted octanol–water partition coefficient (Wildman–Crippen LogP) is 2.18. The lowest BCUT2D eigenvalue weighted by molar-refractivity contribution is 0.0882. The highest BCUT2D eigenvalue weighted by molar-refractivity contribution is 6.31. The predicted molar refractivity (Wildman–Crippen MR) is 64.1 cm³/mol. The van der Waals surface area contributed by atoms with E-state index in [0.29, 0.717) is 6.04 Å². The van der Waals surface area contributed by atoms with E-state index in [4.69, 9.17) is 17.3 Å². The summed E-state index contributed by atoms with van der Waals surface area (Å²) >= 11 is 6.19. The Labute approximate surface area is 96.0 Å². The normalized spacial score (nSPS) is 21.4. The summed E-state index contributed by atoms with van der Waals surface area (Å²) in [6.07, 6.45) is 1.22. The molecule has 1 aliphatic rings. The molecule has 1 saturated heterocycles. The second kappa shape index (κ2) is 4.52. The van der Waals surface area contributed by atoms with Gasteiger partial charge < -0.3 is 5.73 Å². The summed E-state index contributed by atoms with van der Waals surface area (Å²) in [6.45, 7) is 4.89. The van der Waals surface area contributed by atoms with E-state index in [-0.39, 0.29) is 0 Å². The van der Waals surface area contributed by atoms with E-state index in [1.165, 1.54) is 17.5 Å². The maximum Gasteiger partial charge on any atom is 0.0453 e. The third kappa shape index (κ3) is 2.33. The summed E-state index contributed by atoms with van der Waals surface area (Å²) in [5.74, 6) is 0. The molecule has 82 valence electrons. The number of benzene rings is 1. The van der Waals surface area contributed by atoms with E-state index in [1.54, 1.807) is 0 Å². The lowest BCUT2D eigenvalue weighted by Crippen LogP contribution is -2.50. The molecule has 0 amide bonds. The van der Waals surface area contributed by atoms with Crippen molar-refractivity contribution in [3.8, 4) is 0 Å². The smallest absolute Gasteiger partial charge is 0.0453 e. The Bertz CT molecular complexity index is 349. The molecule has 2 rings (SSSR count). The summed E-state index contributed by atoms with van der Waals surface area (Å²) in [4.78, 5) is 2.39. The van der Waals surface area contributed by atoms with E-state index in [2.05, 4.69) is 24.0 Å². The first-order valence-electron chi connectivity index (χ1n) is 5.40. The van der Waals surface area contributed by atoms with Crippen molar-refractivity contribution in [2.24, 2.45) is 5.73 Å². The topological polar surface area (TPSA) is 29.3 Å². The number of hydrogen-bond donors (Lipinski definition) is 1. The van der Waals surface area contributed by atoms with Gasteiger partial charge in [0, 0.05) is 30.7 Å². The average Bonchev–Trinajstić information content (AvgIpc) is 2.15. The summed E-state index contributed by atoms with van der Waals surface area (Å²) in [5, 5.41) is 0.873. The summed E-state index contributed by atoms with van der Waals surface area (Å²) in [6, 6.07) is 6.80. The van der Waals surface area contributed by atoms with Crippen molar-refractivity contribution in [3.05, 3.63) is 34.3 Å². The molecule has 1 unspecified atom stereocenters. The maximum absolute atomic E-state index is 6.19. The summed E-state index contributed by atoms with van der Waals surface area (Å²) < 4.78 is 0. The van der Waals surface area contributed by atoms with Crippen molar-refractivity contribution in [2.75, 3.05) is 13.1 Å². The molecule has 2 nitrogen and oxygen atoms in total. The monoisotopic (exact) mass is 224 g/mol. The molecule has 1 aromatic rings. The second-order valence-electron chi connectivity index (χ2n) is 4.24. The third-order valence-corrected chi connectivity index (χ3v) is 3.47. The van der Waals surface area contributed by atoms with Gasteiger partial charge in [-0.2, -0.15) is 0 Å². The van der Waals surface area contributed by atoms with Crippen LogP contribution >= 0.6 is 11.6 Å². The fourth-order valence-corrected chi connectivity index (χ4v) is 2.26. The summed E-state index contributed by atoms with van der Waals surface area (Å²) in [5.41, 5.74) is 8.08. The van der Waals surface area contributed by atoms with Crippen molar-refractivity contribution in [2.45, 2.75) is 25.9 Å². The van der Waals surface area contributed by atoms with Crippen LogP contribution < -0.4 is 5.73 Å². The molecule has 0 bridgehead atoms. The van der Waals surface area contributed by atoms with Gasteiger partial charge >= 0.3 is 0 Å². The van der Waals surface area contributed by atoms with Crippen molar-refractivity contribution < 1.29 is 0 Å². The van der Waals surface area contributed by atoms with Crippen molar-refractivity contribution in [1.82, 2.24) is 4.90 Å². The van der Waals surface area contributed by atoms with Crippen LogP contribution in [0.15, 0.2) is 18.2 Å². The van der Waals surface area contributed by atoms with Gasteiger partial charge in [0.2, 0.25) is 0 Å². The Morgan fingerprint density at radius 3 is 2.87 bits per heavy atom. The zero-order chi connectivity index (χ0) is 10.8. The van der Waals surface area contributed by atoms with Gasteiger partial charge in [-0.1, -0.05) is 23.7 Å². The van der Waals surface area contributed by atoms with E-state index in [0.717, 1.165) is 24.7 Å². The summed E-state index contributed by atoms with van der Waals surface area (Å²) in [7, 11) is 0. The van der Waals surface area contributed by atoms with Crippen LogP contribution in [0.2, 0.25) is 5.02 Å². The Morgan fingerprint density at radius 1 is 1.53 bits per heavy atom. The van der Waals surface area contributed by atoms with Crippen molar-refractivity contribution in [1.29, 1.82) is 0 Å². The molecule has 1 aliphatic heterocycles. The fraction of sp³-hybridized carbons (Fsp3) is 0.500. The molecule has 1 heterocycles. The van der Waals surface area contributed by atoms with Gasteiger partial charge in [-0.25, -0.2) is 0 Å². The molecule has 2 N–H and O–H groups in total. The van der Waals surface area contributed by atoms with Crippen LogP contribution in [0, 0.1) is 6.92 Å². The number of rotatable bonds is 3. The Hall–Kier alpha value is -0.570. The Morgan fingerprint density at radius 2 is 2.33 bits per heavy atom. The SMILES string of the molecule is Cc1ccc(CN2CCC2CN)c(Cl)c1. The molecular weight excluding hydrogens is 208 g/mol. The van der Waals surface area contributed by atoms with E-state index >= 15 is 0 Å². The van der Waals surface area contributed by atoms with Crippen LogP contribution in [-0.2, 0) is 6.54 Å². The van der Waals surface area contributed by atoms with Gasteiger partial charge in [0.1, 0.15) is 0 Å². The molecule has 1 fully saturated rings. The lowest BCUT2D eigenvalue weighted by atomic mass is 10.0. The number of halogens is 1. The first-order chi connectivity index (χ1) is 7.20. The first kappa shape index (κ1) is 10.9. The minimum absolute atomic E-state index is 0.558. The van der Waals surface area contributed by atoms with Crippen LogP contribution in [-0.4, -0.2) is 24.0 Å². The molecule has 0 radical (unpaired) electrons. The lowest BCUT2D eigenvalue weighted by Gasteiger charge is -2.40. The van der Waals surface area contributed by atoms with Gasteiger partial charge in [0.15, 0.2) is 0 Å². The quantitative estimate of drug-likeness (QED) is 0.853. The maximum atomic E-state index is 6.19. The molecular formula is C12H17ClN2. The van der Waals surface area contributed by atoms with Crippen molar-refractivity contribution >= 4 is 11.6 Å². The third-order valence-electron chi connectivity index (χ3n) is 3.12. The minimum Gasteiger partial charge on any atom is -0.329 e. The van der Waals surface area contributed by atoms with Gasteiger partial charge in [-0.05, 0) is 30.5 Å². The van der Waals surface area contributed by atoms with Crippen LogP contribution in [0.5, 0.6) is 0 Å². The zero-order valence-corrected chi connectivity index (χ0v) is 9.80. The largest absolute Gasteiger partial charge is 0.329 e. The van der Waals surface area contributed by atoms with Crippen LogP contribution in [0.3, 0.4) is 0 Å². The van der Waals surface area contributed by atoms with Gasteiger partial charge in [0.25, 0.3) is 0 Å². The molecule has 3 heteroatoms. The number of nitrogens with zero attached hydrogens (tertiary/aromatic N) is 1. The number of likely N-dealkylation sites (tertiary alicyclic amines) is 1. The average molecular weight is 225 g/mol. The number of aryl methyl sites for hydroxylation is 1. The number of nitrogens with two attached hydrogens (primary N) is 1. The standard InChI is InChI=1S/C12H17ClN2/c1-9-2-3-10(12(13)6-9)8-15-5-4-11(15)7-14/h2-3,6,11H,4-5,7-8,14H2,1H3. The van der Waals surface area contributed by atoms with E-state index in [1.807, 2.05) is 6.07 Å². The fourth-order valence-electron chi connectivity index (χ4n) is 1.97. The molecule has 0 saturated carbocycles. The van der Waals surface area contributed by atoms with Crippen LogP contribution in [0.1, 0.15) is 17.5 Å². The second-order valence-corrected chi connectivity index (χ2v) is 4.65. The zero-order valence-electron chi connectivity index (χ0n) is 9.04. The molecule has 0 aromatic heterocycles. The van der Waals surface area contributed by atoms with Gasteiger partial charge in [-0.3, -0.25) is 4.90 Å². The van der Waals surface area contributed by atoms with E-state index < -0.39 is 0 Å². The van der Waals surface area contributed by atoms with Crippen LogP contribution in [0.25, 0.3) is 0 Å². The minimum atomic E-state index is 0.558. The molecule has 1 aromatic carbocycles. The van der Waals surface area contributed by atoms with Gasteiger partial charge in [-0.15, -0.1) is 0 Å². The number of hydrogen-bond acceptors (Lipinski definition) is 2. The Kier molecular flexibility index (Phi) is 3.29. The van der Waals surface area contributed by atoms with E-state index in [9.17, 15) is 0 Å².